The van der Waals surface area contributed by atoms with Crippen LogP contribution in [0.2, 0.25) is 0 Å². The van der Waals surface area contributed by atoms with E-state index in [4.69, 9.17) is 4.74 Å². The Hall–Kier alpha value is -0.580. The monoisotopic (exact) mass is 340 g/mol. The van der Waals surface area contributed by atoms with Crippen LogP contribution in [0.25, 0.3) is 0 Å². The van der Waals surface area contributed by atoms with E-state index in [1.165, 1.54) is 11.3 Å². The number of ether oxygens (including phenoxy) is 1. The van der Waals surface area contributed by atoms with Crippen molar-refractivity contribution in [1.82, 2.24) is 5.32 Å². The molecule has 0 radical (unpaired) electrons. The van der Waals surface area contributed by atoms with E-state index in [0.717, 1.165) is 50.3 Å². The Morgan fingerprint density at radius 3 is 2.95 bits per heavy atom. The van der Waals surface area contributed by atoms with Crippen molar-refractivity contribution in [1.29, 1.82) is 0 Å². The van der Waals surface area contributed by atoms with Gasteiger partial charge in [0.15, 0.2) is 0 Å². The minimum Gasteiger partial charge on any atom is -0.380 e. The Labute approximate surface area is 130 Å². The van der Waals surface area contributed by atoms with Crippen LogP contribution < -0.4 is 10.2 Å². The third-order valence-electron chi connectivity index (χ3n) is 3.47. The lowest BCUT2D eigenvalue weighted by atomic mass is 10.1. The van der Waals surface area contributed by atoms with E-state index < -0.39 is 0 Å². The summed E-state index contributed by atoms with van der Waals surface area (Å²) < 4.78 is 6.70. The maximum Gasteiger partial charge on any atom is 0.0641 e. The fraction of sp³-hybridized carbons (Fsp3) is 0.625. The summed E-state index contributed by atoms with van der Waals surface area (Å²) in [5.41, 5.74) is 2.71. The molecule has 1 aromatic rings. The molecule has 0 spiro atoms. The van der Waals surface area contributed by atoms with Crippen LogP contribution in [0.15, 0.2) is 22.7 Å². The van der Waals surface area contributed by atoms with Gasteiger partial charge in [-0.25, -0.2) is 0 Å². The zero-order valence-corrected chi connectivity index (χ0v) is 14.1. The third-order valence-corrected chi connectivity index (χ3v) is 3.97. The Morgan fingerprint density at radius 1 is 1.30 bits per heavy atom. The molecular weight excluding hydrogens is 316 g/mol. The molecule has 1 fully saturated rings. The largest absolute Gasteiger partial charge is 0.380 e. The van der Waals surface area contributed by atoms with Crippen molar-refractivity contribution in [2.45, 2.75) is 26.8 Å². The lowest BCUT2D eigenvalue weighted by molar-refractivity contribution is 0.152. The van der Waals surface area contributed by atoms with Crippen LogP contribution >= 0.6 is 15.9 Å². The molecule has 1 saturated heterocycles. The number of hydrogen-bond donors (Lipinski definition) is 1. The first-order valence-electron chi connectivity index (χ1n) is 7.48. The molecule has 3 nitrogen and oxygen atoms in total. The molecule has 20 heavy (non-hydrogen) atoms. The van der Waals surface area contributed by atoms with E-state index >= 15 is 0 Å². The molecule has 4 heteroatoms. The summed E-state index contributed by atoms with van der Waals surface area (Å²) in [6.07, 6.45) is 1.11. The molecule has 1 N–H and O–H groups in total. The van der Waals surface area contributed by atoms with Gasteiger partial charge in [0.05, 0.1) is 6.61 Å². The van der Waals surface area contributed by atoms with Gasteiger partial charge < -0.3 is 15.0 Å². The molecule has 1 aliphatic rings. The molecule has 1 heterocycles. The summed E-state index contributed by atoms with van der Waals surface area (Å²) in [7, 11) is 0. The third kappa shape index (κ3) is 4.76. The second kappa shape index (κ2) is 8.01. The first-order chi connectivity index (χ1) is 9.66. The van der Waals surface area contributed by atoms with Crippen LogP contribution in [0, 0.1) is 5.92 Å². The predicted octanol–water partition coefficient (Wildman–Crippen LogP) is 3.42. The number of nitrogens with one attached hydrogen (secondary N) is 1. The van der Waals surface area contributed by atoms with Crippen LogP contribution in [-0.4, -0.2) is 32.8 Å². The number of halogens is 1. The first kappa shape index (κ1) is 15.8. The summed E-state index contributed by atoms with van der Waals surface area (Å²) in [5, 5.41) is 3.54. The van der Waals surface area contributed by atoms with Crippen molar-refractivity contribution < 1.29 is 4.74 Å². The van der Waals surface area contributed by atoms with Crippen molar-refractivity contribution in [2.75, 3.05) is 37.7 Å². The van der Waals surface area contributed by atoms with Gasteiger partial charge in [0.2, 0.25) is 0 Å². The maximum atomic E-state index is 5.56. The standard InChI is InChI=1S/C16H25BrN2O/c1-13(2)11-18-12-14-10-15(17)4-5-16(14)19-6-3-8-20-9-7-19/h4-5,10,13,18H,3,6-9,11-12H2,1-2H3. The van der Waals surface area contributed by atoms with Crippen LogP contribution in [0.1, 0.15) is 25.8 Å². The van der Waals surface area contributed by atoms with Crippen molar-refractivity contribution >= 4 is 21.6 Å². The number of hydrogen-bond acceptors (Lipinski definition) is 3. The fourth-order valence-electron chi connectivity index (χ4n) is 2.49. The molecule has 1 aromatic carbocycles. The van der Waals surface area contributed by atoms with Gasteiger partial charge in [-0.1, -0.05) is 29.8 Å². The van der Waals surface area contributed by atoms with Crippen molar-refractivity contribution in [3.8, 4) is 0 Å². The van der Waals surface area contributed by atoms with E-state index in [1.54, 1.807) is 0 Å². The Balaban J connectivity index is 2.09. The molecule has 1 aliphatic heterocycles. The second-order valence-corrected chi connectivity index (χ2v) is 6.67. The molecule has 0 bridgehead atoms. The van der Waals surface area contributed by atoms with Crippen LogP contribution in [0.5, 0.6) is 0 Å². The number of benzene rings is 1. The van der Waals surface area contributed by atoms with E-state index in [-0.39, 0.29) is 0 Å². The van der Waals surface area contributed by atoms with Crippen molar-refractivity contribution in [3.63, 3.8) is 0 Å². The lowest BCUT2D eigenvalue weighted by Gasteiger charge is -2.25. The van der Waals surface area contributed by atoms with Gasteiger partial charge >= 0.3 is 0 Å². The highest BCUT2D eigenvalue weighted by Crippen LogP contribution is 2.25. The summed E-state index contributed by atoms with van der Waals surface area (Å²) in [4.78, 5) is 2.45. The van der Waals surface area contributed by atoms with Gasteiger partial charge in [-0.05, 0) is 42.6 Å². The summed E-state index contributed by atoms with van der Waals surface area (Å²) in [5.74, 6) is 0.678. The molecule has 0 aromatic heterocycles. The van der Waals surface area contributed by atoms with Gasteiger partial charge in [0.1, 0.15) is 0 Å². The average Bonchev–Trinajstić information content (AvgIpc) is 2.67. The fourth-order valence-corrected chi connectivity index (χ4v) is 2.90. The molecule has 0 atom stereocenters. The Bertz CT molecular complexity index is 415. The van der Waals surface area contributed by atoms with Crippen LogP contribution in [-0.2, 0) is 11.3 Å². The molecule has 0 amide bonds. The lowest BCUT2D eigenvalue weighted by Crippen LogP contribution is -2.28. The van der Waals surface area contributed by atoms with E-state index in [9.17, 15) is 0 Å². The molecule has 2 rings (SSSR count). The van der Waals surface area contributed by atoms with Crippen LogP contribution in [0.4, 0.5) is 5.69 Å². The van der Waals surface area contributed by atoms with Gasteiger partial charge in [-0.2, -0.15) is 0 Å². The smallest absolute Gasteiger partial charge is 0.0641 e. The highest BCUT2D eigenvalue weighted by atomic mass is 79.9. The minimum atomic E-state index is 0.678. The number of nitrogens with zero attached hydrogens (tertiary/aromatic N) is 1. The zero-order chi connectivity index (χ0) is 14.4. The van der Waals surface area contributed by atoms with Gasteiger partial charge in [-0.15, -0.1) is 0 Å². The predicted molar refractivity (Wildman–Crippen MR) is 88.3 cm³/mol. The SMILES string of the molecule is CC(C)CNCc1cc(Br)ccc1N1CCCOCC1. The van der Waals surface area contributed by atoms with Gasteiger partial charge in [-0.3, -0.25) is 0 Å². The minimum absolute atomic E-state index is 0.678. The van der Waals surface area contributed by atoms with Gasteiger partial charge in [0.25, 0.3) is 0 Å². The summed E-state index contributed by atoms with van der Waals surface area (Å²) >= 11 is 3.59. The summed E-state index contributed by atoms with van der Waals surface area (Å²) in [6, 6.07) is 6.59. The Kier molecular flexibility index (Phi) is 6.33. The topological polar surface area (TPSA) is 24.5 Å². The second-order valence-electron chi connectivity index (χ2n) is 5.75. The van der Waals surface area contributed by atoms with E-state index in [1.807, 2.05) is 0 Å². The maximum absolute atomic E-state index is 5.56. The van der Waals surface area contributed by atoms with Crippen LogP contribution in [0.3, 0.4) is 0 Å². The molecule has 112 valence electrons. The number of anilines is 1. The highest BCUT2D eigenvalue weighted by Gasteiger charge is 2.14. The quantitative estimate of drug-likeness (QED) is 0.888. The van der Waals surface area contributed by atoms with Crippen molar-refractivity contribution in [2.24, 2.45) is 5.92 Å². The zero-order valence-electron chi connectivity index (χ0n) is 12.5. The normalized spacial score (nSPS) is 16.5. The average molecular weight is 341 g/mol. The molecule has 0 unspecified atom stereocenters. The van der Waals surface area contributed by atoms with E-state index in [0.29, 0.717) is 5.92 Å². The van der Waals surface area contributed by atoms with Gasteiger partial charge in [0, 0.05) is 36.4 Å². The number of rotatable bonds is 5. The van der Waals surface area contributed by atoms with Crippen molar-refractivity contribution in [3.05, 3.63) is 28.2 Å². The first-order valence-corrected chi connectivity index (χ1v) is 8.28. The molecule has 0 saturated carbocycles. The highest BCUT2D eigenvalue weighted by molar-refractivity contribution is 9.10. The summed E-state index contributed by atoms with van der Waals surface area (Å²) in [6.45, 7) is 10.2. The van der Waals surface area contributed by atoms with E-state index in [2.05, 4.69) is 58.2 Å². The Morgan fingerprint density at radius 2 is 2.15 bits per heavy atom. The molecular formula is C16H25BrN2O. The molecule has 0 aliphatic carbocycles.